The molecule has 3 heterocycles. The Balaban J connectivity index is 1.70. The molecule has 1 saturated heterocycles. The molecule has 0 aliphatic carbocycles. The van der Waals surface area contributed by atoms with Gasteiger partial charge in [0.1, 0.15) is 5.82 Å². The molecule has 0 saturated carbocycles. The molecule has 1 fully saturated rings. The molecule has 3 unspecified atom stereocenters. The van der Waals surface area contributed by atoms with Gasteiger partial charge in [0.05, 0.1) is 12.2 Å². The Morgan fingerprint density at radius 1 is 1.37 bits per heavy atom. The van der Waals surface area contributed by atoms with E-state index in [1.807, 2.05) is 19.1 Å². The highest BCUT2D eigenvalue weighted by Crippen LogP contribution is 2.26. The maximum absolute atomic E-state index is 5.75. The molecule has 0 radical (unpaired) electrons. The van der Waals surface area contributed by atoms with E-state index in [-0.39, 0.29) is 0 Å². The van der Waals surface area contributed by atoms with E-state index in [0.717, 1.165) is 30.3 Å². The number of aryl methyl sites for hydroxylation is 1. The maximum Gasteiger partial charge on any atom is 0.178 e. The molecule has 1 aliphatic heterocycles. The maximum atomic E-state index is 5.75. The zero-order chi connectivity index (χ0) is 13.4. The third-order valence-electron chi connectivity index (χ3n) is 3.71. The first-order valence-electron chi connectivity index (χ1n) is 6.72. The summed E-state index contributed by atoms with van der Waals surface area (Å²) in [5.41, 5.74) is 0.772. The number of hydrogen-bond acceptors (Lipinski definition) is 5. The molecule has 19 heavy (non-hydrogen) atoms. The predicted octanol–water partition coefficient (Wildman–Crippen LogP) is 1.66. The van der Waals surface area contributed by atoms with Crippen molar-refractivity contribution in [2.45, 2.75) is 39.4 Å². The van der Waals surface area contributed by atoms with E-state index in [4.69, 9.17) is 4.74 Å². The SMILES string of the molecule is Cc1nnc2ccc(NCC3CC(C)OC3C)nn12. The van der Waals surface area contributed by atoms with Crippen molar-refractivity contribution in [3.63, 3.8) is 0 Å². The Morgan fingerprint density at radius 3 is 2.95 bits per heavy atom. The highest BCUT2D eigenvalue weighted by molar-refractivity contribution is 5.43. The van der Waals surface area contributed by atoms with Crippen LogP contribution in [0.15, 0.2) is 12.1 Å². The molecule has 1 aliphatic rings. The molecule has 6 heteroatoms. The van der Waals surface area contributed by atoms with E-state index in [9.17, 15) is 0 Å². The monoisotopic (exact) mass is 261 g/mol. The lowest BCUT2D eigenvalue weighted by molar-refractivity contribution is 0.0574. The first-order valence-corrected chi connectivity index (χ1v) is 6.72. The van der Waals surface area contributed by atoms with Gasteiger partial charge in [-0.15, -0.1) is 15.3 Å². The van der Waals surface area contributed by atoms with Gasteiger partial charge in [-0.2, -0.15) is 4.52 Å². The Morgan fingerprint density at radius 2 is 2.21 bits per heavy atom. The van der Waals surface area contributed by atoms with Gasteiger partial charge in [0.2, 0.25) is 0 Å². The lowest BCUT2D eigenvalue weighted by Gasteiger charge is -2.14. The topological polar surface area (TPSA) is 64.3 Å². The summed E-state index contributed by atoms with van der Waals surface area (Å²) in [5, 5.41) is 15.9. The van der Waals surface area contributed by atoms with Crippen LogP contribution >= 0.6 is 0 Å². The van der Waals surface area contributed by atoms with Crippen molar-refractivity contribution in [2.24, 2.45) is 5.92 Å². The fourth-order valence-corrected chi connectivity index (χ4v) is 2.63. The van der Waals surface area contributed by atoms with E-state index >= 15 is 0 Å². The number of anilines is 1. The summed E-state index contributed by atoms with van der Waals surface area (Å²) < 4.78 is 7.50. The minimum Gasteiger partial charge on any atom is -0.375 e. The third kappa shape index (κ3) is 2.40. The summed E-state index contributed by atoms with van der Waals surface area (Å²) in [6.07, 6.45) is 1.77. The van der Waals surface area contributed by atoms with Crippen molar-refractivity contribution in [1.29, 1.82) is 0 Å². The molecule has 2 aromatic rings. The molecule has 3 rings (SSSR count). The van der Waals surface area contributed by atoms with Gasteiger partial charge >= 0.3 is 0 Å². The van der Waals surface area contributed by atoms with Crippen LogP contribution in [0, 0.1) is 12.8 Å². The molecule has 0 bridgehead atoms. The van der Waals surface area contributed by atoms with Crippen LogP contribution in [0.25, 0.3) is 5.65 Å². The van der Waals surface area contributed by atoms with Gasteiger partial charge in [0.15, 0.2) is 11.5 Å². The lowest BCUT2D eigenvalue weighted by Crippen LogP contribution is -2.21. The van der Waals surface area contributed by atoms with Crippen LogP contribution in [-0.2, 0) is 4.74 Å². The van der Waals surface area contributed by atoms with E-state index in [0.29, 0.717) is 18.1 Å². The molecule has 6 nitrogen and oxygen atoms in total. The minimum absolute atomic E-state index is 0.308. The van der Waals surface area contributed by atoms with Crippen LogP contribution in [-0.4, -0.2) is 38.6 Å². The standard InChI is InChI=1S/C13H19N5O/c1-8-6-11(9(2)19-8)7-14-12-4-5-13-16-15-10(3)18(13)17-12/h4-5,8-9,11H,6-7H2,1-3H3,(H,14,17). The summed E-state index contributed by atoms with van der Waals surface area (Å²) in [4.78, 5) is 0. The molecule has 1 N–H and O–H groups in total. The number of nitrogens with zero attached hydrogens (tertiary/aromatic N) is 4. The second-order valence-corrected chi connectivity index (χ2v) is 5.26. The van der Waals surface area contributed by atoms with Gasteiger partial charge in [0.25, 0.3) is 0 Å². The van der Waals surface area contributed by atoms with Crippen LogP contribution < -0.4 is 5.32 Å². The molecule has 0 spiro atoms. The average Bonchev–Trinajstić information content (AvgIpc) is 2.90. The third-order valence-corrected chi connectivity index (χ3v) is 3.71. The van der Waals surface area contributed by atoms with Crippen molar-refractivity contribution < 1.29 is 4.74 Å². The number of hydrogen-bond donors (Lipinski definition) is 1. The number of aromatic nitrogens is 4. The summed E-state index contributed by atoms with van der Waals surface area (Å²) in [6.45, 7) is 7.04. The molecule has 0 aromatic carbocycles. The second-order valence-electron chi connectivity index (χ2n) is 5.26. The molecule has 3 atom stereocenters. The van der Waals surface area contributed by atoms with Crippen LogP contribution in [0.3, 0.4) is 0 Å². The van der Waals surface area contributed by atoms with Gasteiger partial charge in [-0.1, -0.05) is 0 Å². The summed E-state index contributed by atoms with van der Waals surface area (Å²) >= 11 is 0. The average molecular weight is 261 g/mol. The van der Waals surface area contributed by atoms with Crippen LogP contribution in [0.1, 0.15) is 26.1 Å². The van der Waals surface area contributed by atoms with Crippen molar-refractivity contribution in [1.82, 2.24) is 19.8 Å². The number of rotatable bonds is 3. The number of ether oxygens (including phenoxy) is 1. The quantitative estimate of drug-likeness (QED) is 0.910. The zero-order valence-electron chi connectivity index (χ0n) is 11.5. The molecule has 0 amide bonds. The van der Waals surface area contributed by atoms with Crippen molar-refractivity contribution in [3.05, 3.63) is 18.0 Å². The van der Waals surface area contributed by atoms with E-state index in [2.05, 4.69) is 34.5 Å². The number of nitrogens with one attached hydrogen (secondary N) is 1. The van der Waals surface area contributed by atoms with Crippen molar-refractivity contribution in [3.8, 4) is 0 Å². The van der Waals surface area contributed by atoms with E-state index < -0.39 is 0 Å². The highest BCUT2D eigenvalue weighted by Gasteiger charge is 2.29. The normalized spacial score (nSPS) is 27.0. The van der Waals surface area contributed by atoms with E-state index in [1.54, 1.807) is 4.52 Å². The van der Waals surface area contributed by atoms with Gasteiger partial charge in [-0.3, -0.25) is 0 Å². The first kappa shape index (κ1) is 12.3. The van der Waals surface area contributed by atoms with Crippen LogP contribution in [0.2, 0.25) is 0 Å². The summed E-state index contributed by atoms with van der Waals surface area (Å²) in [7, 11) is 0. The molecular formula is C13H19N5O. The Bertz CT molecular complexity index is 581. The van der Waals surface area contributed by atoms with Crippen molar-refractivity contribution >= 4 is 11.5 Å². The van der Waals surface area contributed by atoms with Crippen molar-refractivity contribution in [2.75, 3.05) is 11.9 Å². The fraction of sp³-hybridized carbons (Fsp3) is 0.615. The van der Waals surface area contributed by atoms with Crippen LogP contribution in [0.4, 0.5) is 5.82 Å². The predicted molar refractivity (Wildman–Crippen MR) is 72.1 cm³/mol. The molecule has 102 valence electrons. The Kier molecular flexibility index (Phi) is 3.10. The Labute approximate surface area is 112 Å². The van der Waals surface area contributed by atoms with Gasteiger partial charge in [0, 0.05) is 12.5 Å². The second kappa shape index (κ2) is 4.77. The van der Waals surface area contributed by atoms with E-state index in [1.165, 1.54) is 0 Å². The highest BCUT2D eigenvalue weighted by atomic mass is 16.5. The van der Waals surface area contributed by atoms with Crippen LogP contribution in [0.5, 0.6) is 0 Å². The molecule has 2 aromatic heterocycles. The van der Waals surface area contributed by atoms with Gasteiger partial charge in [-0.25, -0.2) is 0 Å². The number of fused-ring (bicyclic) bond motifs is 1. The first-order chi connectivity index (χ1) is 9.13. The fourth-order valence-electron chi connectivity index (χ4n) is 2.63. The Hall–Kier alpha value is -1.69. The van der Waals surface area contributed by atoms with Gasteiger partial charge < -0.3 is 10.1 Å². The largest absolute Gasteiger partial charge is 0.375 e. The minimum atomic E-state index is 0.308. The zero-order valence-corrected chi connectivity index (χ0v) is 11.5. The van der Waals surface area contributed by atoms with Gasteiger partial charge in [-0.05, 0) is 39.3 Å². The summed E-state index contributed by atoms with van der Waals surface area (Å²) in [5.74, 6) is 2.18. The molecular weight excluding hydrogens is 242 g/mol. The summed E-state index contributed by atoms with van der Waals surface area (Å²) in [6, 6.07) is 3.86. The lowest BCUT2D eigenvalue weighted by atomic mass is 10.0. The smallest absolute Gasteiger partial charge is 0.178 e.